The molecule has 0 unspecified atom stereocenters. The molecule has 4 heteroatoms. The number of anilines is 2. The quantitative estimate of drug-likeness (QED) is 0.887. The zero-order valence-electron chi connectivity index (χ0n) is 12.4. The Morgan fingerprint density at radius 2 is 1.85 bits per heavy atom. The maximum absolute atomic E-state index is 6.01. The zero-order valence-corrected chi connectivity index (χ0v) is 12.4. The predicted molar refractivity (Wildman–Crippen MR) is 81.4 cm³/mol. The highest BCUT2D eigenvalue weighted by molar-refractivity contribution is 5.62. The lowest BCUT2D eigenvalue weighted by Gasteiger charge is -2.55. The first-order valence-corrected chi connectivity index (χ1v) is 8.28. The van der Waals surface area contributed by atoms with E-state index in [0.29, 0.717) is 0 Å². The number of hydrogen-bond donors (Lipinski definition) is 2. The third-order valence-corrected chi connectivity index (χ3v) is 6.22. The van der Waals surface area contributed by atoms with Crippen LogP contribution in [-0.2, 0) is 0 Å². The summed E-state index contributed by atoms with van der Waals surface area (Å²) in [5.74, 6) is 5.68. The average Bonchev–Trinajstić information content (AvgIpc) is 2.84. The van der Waals surface area contributed by atoms with E-state index < -0.39 is 0 Å². The third kappa shape index (κ3) is 1.92. The molecule has 4 aliphatic rings. The van der Waals surface area contributed by atoms with Gasteiger partial charge < -0.3 is 10.6 Å². The molecule has 4 aliphatic carbocycles. The lowest BCUT2D eigenvalue weighted by atomic mass is 9.52. The van der Waals surface area contributed by atoms with E-state index in [4.69, 9.17) is 5.73 Å². The first-order chi connectivity index (χ1) is 9.74. The van der Waals surface area contributed by atoms with Crippen LogP contribution in [0.25, 0.3) is 0 Å². The Balaban J connectivity index is 1.52. The van der Waals surface area contributed by atoms with Crippen LogP contribution >= 0.6 is 0 Å². The predicted octanol–water partition coefficient (Wildman–Crippen LogP) is 2.89. The van der Waals surface area contributed by atoms with Gasteiger partial charge in [0.05, 0.1) is 11.9 Å². The summed E-state index contributed by atoms with van der Waals surface area (Å²) in [6.45, 7) is 4.42. The van der Waals surface area contributed by atoms with Crippen molar-refractivity contribution in [1.29, 1.82) is 0 Å². The highest BCUT2D eigenvalue weighted by atomic mass is 15.2. The highest BCUT2D eigenvalue weighted by Gasteiger charge is 2.48. The van der Waals surface area contributed by atoms with E-state index in [9.17, 15) is 0 Å². The number of nitrogens with two attached hydrogens (primary N) is 1. The van der Waals surface area contributed by atoms with Crippen molar-refractivity contribution in [3.63, 3.8) is 0 Å². The van der Waals surface area contributed by atoms with Gasteiger partial charge in [-0.3, -0.25) is 5.10 Å². The fourth-order valence-corrected chi connectivity index (χ4v) is 5.53. The molecule has 0 amide bonds. The molecule has 0 radical (unpaired) electrons. The molecule has 1 aromatic rings. The van der Waals surface area contributed by atoms with Crippen molar-refractivity contribution in [3.05, 3.63) is 6.20 Å². The first-order valence-electron chi connectivity index (χ1n) is 8.28. The SMILES string of the molecule is CCN(CC1C2CC3CC(C2)CC1C3)c1cn[nH]c1N. The molecule has 4 bridgehead atoms. The van der Waals surface area contributed by atoms with Crippen LogP contribution in [-0.4, -0.2) is 23.3 Å². The summed E-state index contributed by atoms with van der Waals surface area (Å²) >= 11 is 0. The van der Waals surface area contributed by atoms with Gasteiger partial charge in [-0.15, -0.1) is 0 Å². The van der Waals surface area contributed by atoms with Gasteiger partial charge in [0.2, 0.25) is 0 Å². The fourth-order valence-electron chi connectivity index (χ4n) is 5.53. The number of nitrogens with zero attached hydrogens (tertiary/aromatic N) is 2. The molecular formula is C16H26N4. The van der Waals surface area contributed by atoms with E-state index in [2.05, 4.69) is 22.0 Å². The fraction of sp³-hybridized carbons (Fsp3) is 0.812. The molecule has 0 aliphatic heterocycles. The van der Waals surface area contributed by atoms with Gasteiger partial charge >= 0.3 is 0 Å². The summed E-state index contributed by atoms with van der Waals surface area (Å²) in [4.78, 5) is 2.44. The second-order valence-corrected chi connectivity index (χ2v) is 7.30. The van der Waals surface area contributed by atoms with Gasteiger partial charge in [0.15, 0.2) is 0 Å². The lowest BCUT2D eigenvalue weighted by molar-refractivity contribution is -0.0328. The second-order valence-electron chi connectivity index (χ2n) is 7.30. The number of aromatic amines is 1. The molecule has 1 aromatic heterocycles. The topological polar surface area (TPSA) is 57.9 Å². The van der Waals surface area contributed by atoms with E-state index in [1.807, 2.05) is 6.20 Å². The van der Waals surface area contributed by atoms with Crippen LogP contribution in [0.2, 0.25) is 0 Å². The van der Waals surface area contributed by atoms with Gasteiger partial charge in [0, 0.05) is 13.1 Å². The summed E-state index contributed by atoms with van der Waals surface area (Å²) in [5.41, 5.74) is 7.11. The van der Waals surface area contributed by atoms with E-state index in [-0.39, 0.29) is 0 Å². The van der Waals surface area contributed by atoms with E-state index >= 15 is 0 Å². The van der Waals surface area contributed by atoms with Crippen molar-refractivity contribution in [2.45, 2.75) is 39.0 Å². The molecular weight excluding hydrogens is 248 g/mol. The van der Waals surface area contributed by atoms with Crippen LogP contribution in [0.3, 0.4) is 0 Å². The molecule has 20 heavy (non-hydrogen) atoms. The Kier molecular flexibility index (Phi) is 2.93. The summed E-state index contributed by atoms with van der Waals surface area (Å²) in [5, 5.41) is 6.95. The zero-order chi connectivity index (χ0) is 13.7. The van der Waals surface area contributed by atoms with E-state index in [1.54, 1.807) is 0 Å². The molecule has 4 nitrogen and oxygen atoms in total. The van der Waals surface area contributed by atoms with Crippen LogP contribution in [0.4, 0.5) is 11.5 Å². The van der Waals surface area contributed by atoms with Crippen LogP contribution in [0.1, 0.15) is 39.0 Å². The largest absolute Gasteiger partial charge is 0.382 e. The molecule has 1 heterocycles. The van der Waals surface area contributed by atoms with Gasteiger partial charge in [-0.2, -0.15) is 5.10 Å². The molecule has 0 atom stereocenters. The highest BCUT2D eigenvalue weighted by Crippen LogP contribution is 2.56. The van der Waals surface area contributed by atoms with Crippen LogP contribution in [0, 0.1) is 29.6 Å². The maximum Gasteiger partial charge on any atom is 0.142 e. The number of aromatic nitrogens is 2. The Hall–Kier alpha value is -1.19. The van der Waals surface area contributed by atoms with Crippen molar-refractivity contribution in [1.82, 2.24) is 10.2 Å². The van der Waals surface area contributed by atoms with Crippen LogP contribution < -0.4 is 10.6 Å². The maximum atomic E-state index is 6.01. The van der Waals surface area contributed by atoms with Crippen molar-refractivity contribution in [3.8, 4) is 0 Å². The summed E-state index contributed by atoms with van der Waals surface area (Å²) in [6, 6.07) is 0. The molecule has 5 rings (SSSR count). The third-order valence-electron chi connectivity index (χ3n) is 6.22. The van der Waals surface area contributed by atoms with Gasteiger partial charge in [-0.25, -0.2) is 0 Å². The Bertz CT molecular complexity index is 453. The van der Waals surface area contributed by atoms with E-state index in [1.165, 1.54) is 38.6 Å². The lowest BCUT2D eigenvalue weighted by Crippen LogP contribution is -2.49. The summed E-state index contributed by atoms with van der Waals surface area (Å²) < 4.78 is 0. The molecule has 0 spiro atoms. The first kappa shape index (κ1) is 12.5. The minimum atomic E-state index is 0.718. The van der Waals surface area contributed by atoms with Gasteiger partial charge in [-0.1, -0.05) is 0 Å². The van der Waals surface area contributed by atoms with Gasteiger partial charge in [0.25, 0.3) is 0 Å². The number of nitrogen functional groups attached to an aromatic ring is 1. The van der Waals surface area contributed by atoms with Crippen molar-refractivity contribution >= 4 is 11.5 Å². The minimum Gasteiger partial charge on any atom is -0.382 e. The second kappa shape index (κ2) is 4.68. The Morgan fingerprint density at radius 3 is 2.35 bits per heavy atom. The molecule has 4 fully saturated rings. The van der Waals surface area contributed by atoms with Crippen molar-refractivity contribution in [2.75, 3.05) is 23.7 Å². The minimum absolute atomic E-state index is 0.718. The number of H-pyrrole nitrogens is 1. The average molecular weight is 274 g/mol. The summed E-state index contributed by atoms with van der Waals surface area (Å²) in [6.07, 6.45) is 9.40. The molecule has 0 aromatic carbocycles. The Morgan fingerprint density at radius 1 is 1.20 bits per heavy atom. The number of nitrogens with one attached hydrogen (secondary N) is 1. The van der Waals surface area contributed by atoms with E-state index in [0.717, 1.165) is 47.6 Å². The number of hydrogen-bond acceptors (Lipinski definition) is 3. The van der Waals surface area contributed by atoms with Gasteiger partial charge in [0.1, 0.15) is 5.82 Å². The number of rotatable bonds is 4. The van der Waals surface area contributed by atoms with Crippen LogP contribution in [0.5, 0.6) is 0 Å². The Labute approximate surface area is 121 Å². The summed E-state index contributed by atoms with van der Waals surface area (Å²) in [7, 11) is 0. The monoisotopic (exact) mass is 274 g/mol. The normalized spacial score (nSPS) is 38.4. The van der Waals surface area contributed by atoms with Crippen LogP contribution in [0.15, 0.2) is 6.20 Å². The molecule has 110 valence electrons. The molecule has 4 saturated carbocycles. The van der Waals surface area contributed by atoms with Gasteiger partial charge in [-0.05, 0) is 68.6 Å². The smallest absolute Gasteiger partial charge is 0.142 e. The molecule has 3 N–H and O–H groups in total. The standard InChI is InChI=1S/C16H26N4/c1-2-20(15-8-18-19-16(15)17)9-14-12-4-10-3-11(6-12)7-13(14)5-10/h8,10-14H,2-7,9H2,1H3,(H3,17,18,19). The molecule has 0 saturated heterocycles. The van der Waals surface area contributed by atoms with Crippen molar-refractivity contribution < 1.29 is 0 Å². The van der Waals surface area contributed by atoms with Crippen molar-refractivity contribution in [2.24, 2.45) is 29.6 Å².